The van der Waals surface area contributed by atoms with Gasteiger partial charge in [0.25, 0.3) is 5.91 Å². The maximum absolute atomic E-state index is 13.2. The minimum atomic E-state index is 0.0983. The molecule has 4 rings (SSSR count). The average Bonchev–Trinajstić information content (AvgIpc) is 3.11. The van der Waals surface area contributed by atoms with Crippen LogP contribution in [0.4, 0.5) is 0 Å². The van der Waals surface area contributed by atoms with Crippen LogP contribution in [0.25, 0.3) is 10.6 Å². The van der Waals surface area contributed by atoms with E-state index in [2.05, 4.69) is 41.2 Å². The number of hydrogen-bond acceptors (Lipinski definition) is 4. The lowest BCUT2D eigenvalue weighted by Gasteiger charge is -2.39. The van der Waals surface area contributed by atoms with E-state index in [0.29, 0.717) is 6.54 Å². The molecule has 0 bridgehead atoms. The van der Waals surface area contributed by atoms with Crippen LogP contribution in [0.5, 0.6) is 0 Å². The lowest BCUT2D eigenvalue weighted by atomic mass is 10.0. The second kappa shape index (κ2) is 7.62. The summed E-state index contributed by atoms with van der Waals surface area (Å²) < 4.78 is 0. The fraction of sp³-hybridized carbons (Fsp3) is 0.273. The van der Waals surface area contributed by atoms with Gasteiger partial charge in [0, 0.05) is 25.2 Å². The number of likely N-dealkylation sites (N-methyl/N-ethyl adjacent to an activating group) is 1. The zero-order chi connectivity index (χ0) is 18.8. The van der Waals surface area contributed by atoms with Crippen molar-refractivity contribution in [1.82, 2.24) is 14.8 Å². The molecule has 138 valence electrons. The Bertz CT molecular complexity index is 923. The Labute approximate surface area is 164 Å². The standard InChI is InChI=1S/C22H23N3OS/c1-16-20(27-21(23-16)18-11-7-4-8-12-18)22(26)25-14-13-24(2)19(15-25)17-9-5-3-6-10-17/h3-12,19H,13-15H2,1-2H3. The molecular formula is C22H23N3OS. The molecule has 1 aromatic heterocycles. The van der Waals surface area contributed by atoms with Crippen LogP contribution in [0.2, 0.25) is 0 Å². The summed E-state index contributed by atoms with van der Waals surface area (Å²) in [7, 11) is 2.13. The van der Waals surface area contributed by atoms with Crippen LogP contribution in [0.3, 0.4) is 0 Å². The van der Waals surface area contributed by atoms with E-state index in [0.717, 1.165) is 34.2 Å². The fourth-order valence-electron chi connectivity index (χ4n) is 3.54. The van der Waals surface area contributed by atoms with Crippen LogP contribution in [0, 0.1) is 6.92 Å². The molecule has 2 aromatic carbocycles. The molecule has 4 nitrogen and oxygen atoms in total. The van der Waals surface area contributed by atoms with Gasteiger partial charge in [0.1, 0.15) is 9.88 Å². The average molecular weight is 378 g/mol. The van der Waals surface area contributed by atoms with Gasteiger partial charge in [-0.05, 0) is 19.5 Å². The smallest absolute Gasteiger partial charge is 0.265 e. The molecule has 0 aliphatic carbocycles. The number of thiazole rings is 1. The van der Waals surface area contributed by atoms with Crippen LogP contribution >= 0.6 is 11.3 Å². The number of carbonyl (C=O) groups is 1. The molecule has 1 unspecified atom stereocenters. The molecule has 1 saturated heterocycles. The molecule has 0 N–H and O–H groups in total. The van der Waals surface area contributed by atoms with Gasteiger partial charge in [-0.25, -0.2) is 4.98 Å². The molecule has 0 radical (unpaired) electrons. The molecular weight excluding hydrogens is 354 g/mol. The third kappa shape index (κ3) is 3.66. The summed E-state index contributed by atoms with van der Waals surface area (Å²) in [6, 6.07) is 20.7. The van der Waals surface area contributed by atoms with Crippen molar-refractivity contribution in [2.75, 3.05) is 26.7 Å². The molecule has 5 heteroatoms. The highest BCUT2D eigenvalue weighted by atomic mass is 32.1. The number of hydrogen-bond donors (Lipinski definition) is 0. The van der Waals surface area contributed by atoms with E-state index in [-0.39, 0.29) is 11.9 Å². The van der Waals surface area contributed by atoms with Gasteiger partial charge >= 0.3 is 0 Å². The largest absolute Gasteiger partial charge is 0.335 e. The number of piperazine rings is 1. The predicted octanol–water partition coefficient (Wildman–Crippen LogP) is 4.25. The number of amides is 1. The number of carbonyl (C=O) groups excluding carboxylic acids is 1. The van der Waals surface area contributed by atoms with E-state index >= 15 is 0 Å². The lowest BCUT2D eigenvalue weighted by Crippen LogP contribution is -2.48. The van der Waals surface area contributed by atoms with Gasteiger partial charge in [0.15, 0.2) is 0 Å². The van der Waals surface area contributed by atoms with Crippen LogP contribution in [0.15, 0.2) is 60.7 Å². The van der Waals surface area contributed by atoms with Crippen molar-refractivity contribution in [3.63, 3.8) is 0 Å². The van der Waals surface area contributed by atoms with Crippen molar-refractivity contribution in [3.05, 3.63) is 76.8 Å². The Hall–Kier alpha value is -2.50. The van der Waals surface area contributed by atoms with Crippen molar-refractivity contribution in [2.24, 2.45) is 0 Å². The minimum Gasteiger partial charge on any atom is -0.335 e. The maximum Gasteiger partial charge on any atom is 0.265 e. The summed E-state index contributed by atoms with van der Waals surface area (Å²) in [5.41, 5.74) is 3.13. The SMILES string of the molecule is Cc1nc(-c2ccccc2)sc1C(=O)N1CCN(C)C(c2ccccc2)C1. The Balaban J connectivity index is 1.57. The van der Waals surface area contributed by atoms with Crippen LogP contribution in [-0.4, -0.2) is 47.4 Å². The number of rotatable bonds is 3. The first kappa shape index (κ1) is 17.9. The van der Waals surface area contributed by atoms with Crippen LogP contribution in [-0.2, 0) is 0 Å². The molecule has 1 amide bonds. The summed E-state index contributed by atoms with van der Waals surface area (Å²) >= 11 is 1.50. The molecule has 2 heterocycles. The molecule has 0 spiro atoms. The highest BCUT2D eigenvalue weighted by Gasteiger charge is 2.30. The van der Waals surface area contributed by atoms with Gasteiger partial charge in [-0.3, -0.25) is 9.69 Å². The second-order valence-electron chi connectivity index (χ2n) is 6.96. The first-order chi connectivity index (χ1) is 13.1. The first-order valence-corrected chi connectivity index (χ1v) is 10.0. The summed E-state index contributed by atoms with van der Waals surface area (Å²) in [6.07, 6.45) is 0. The highest BCUT2D eigenvalue weighted by molar-refractivity contribution is 7.17. The molecule has 1 fully saturated rings. The summed E-state index contributed by atoms with van der Waals surface area (Å²) in [5.74, 6) is 0.0983. The Morgan fingerprint density at radius 1 is 1.04 bits per heavy atom. The predicted molar refractivity (Wildman–Crippen MR) is 110 cm³/mol. The van der Waals surface area contributed by atoms with E-state index in [1.54, 1.807) is 0 Å². The highest BCUT2D eigenvalue weighted by Crippen LogP contribution is 2.30. The fourth-order valence-corrected chi connectivity index (χ4v) is 4.58. The topological polar surface area (TPSA) is 36.4 Å². The van der Waals surface area contributed by atoms with Gasteiger partial charge in [-0.2, -0.15) is 0 Å². The lowest BCUT2D eigenvalue weighted by molar-refractivity contribution is 0.0550. The van der Waals surface area contributed by atoms with Crippen molar-refractivity contribution < 1.29 is 4.79 Å². The maximum atomic E-state index is 13.2. The summed E-state index contributed by atoms with van der Waals surface area (Å²) in [6.45, 7) is 4.25. The summed E-state index contributed by atoms with van der Waals surface area (Å²) in [4.78, 5) is 22.9. The zero-order valence-corrected chi connectivity index (χ0v) is 16.4. The molecule has 1 aliphatic rings. The quantitative estimate of drug-likeness (QED) is 0.685. The van der Waals surface area contributed by atoms with E-state index in [1.165, 1.54) is 16.9 Å². The van der Waals surface area contributed by atoms with Gasteiger partial charge in [0.2, 0.25) is 0 Å². The van der Waals surface area contributed by atoms with Crippen molar-refractivity contribution >= 4 is 17.2 Å². The van der Waals surface area contributed by atoms with Crippen molar-refractivity contribution in [3.8, 4) is 10.6 Å². The first-order valence-electron chi connectivity index (χ1n) is 9.21. The van der Waals surface area contributed by atoms with Crippen molar-refractivity contribution in [2.45, 2.75) is 13.0 Å². The van der Waals surface area contributed by atoms with Gasteiger partial charge in [-0.15, -0.1) is 11.3 Å². The third-order valence-electron chi connectivity index (χ3n) is 5.13. The molecule has 3 aromatic rings. The van der Waals surface area contributed by atoms with Gasteiger partial charge in [0.05, 0.1) is 11.7 Å². The number of aryl methyl sites for hydroxylation is 1. The molecule has 1 atom stereocenters. The van der Waals surface area contributed by atoms with E-state index in [1.807, 2.05) is 48.2 Å². The third-order valence-corrected chi connectivity index (χ3v) is 6.33. The number of aromatic nitrogens is 1. The minimum absolute atomic E-state index is 0.0983. The summed E-state index contributed by atoms with van der Waals surface area (Å²) in [5, 5.41) is 0.908. The normalized spacial score (nSPS) is 17.9. The van der Waals surface area contributed by atoms with Crippen LogP contribution < -0.4 is 0 Å². The molecule has 27 heavy (non-hydrogen) atoms. The van der Waals surface area contributed by atoms with E-state index < -0.39 is 0 Å². The zero-order valence-electron chi connectivity index (χ0n) is 15.6. The molecule has 1 aliphatic heterocycles. The van der Waals surface area contributed by atoms with E-state index in [9.17, 15) is 4.79 Å². The number of benzene rings is 2. The van der Waals surface area contributed by atoms with Crippen LogP contribution in [0.1, 0.15) is 27.0 Å². The van der Waals surface area contributed by atoms with Gasteiger partial charge < -0.3 is 4.90 Å². The Morgan fingerprint density at radius 2 is 1.70 bits per heavy atom. The number of nitrogens with zero attached hydrogens (tertiary/aromatic N) is 3. The molecule has 0 saturated carbocycles. The Morgan fingerprint density at radius 3 is 2.41 bits per heavy atom. The monoisotopic (exact) mass is 377 g/mol. The second-order valence-corrected chi connectivity index (χ2v) is 7.96. The van der Waals surface area contributed by atoms with Gasteiger partial charge in [-0.1, -0.05) is 60.7 Å². The Kier molecular flexibility index (Phi) is 5.05. The van der Waals surface area contributed by atoms with Crippen molar-refractivity contribution in [1.29, 1.82) is 0 Å². The van der Waals surface area contributed by atoms with E-state index in [4.69, 9.17) is 0 Å².